The second kappa shape index (κ2) is 7.52. The van der Waals surface area contributed by atoms with Crippen molar-refractivity contribution < 1.29 is 0 Å². The normalized spacial score (nSPS) is 19.1. The van der Waals surface area contributed by atoms with Crippen LogP contribution < -0.4 is 5.32 Å². The number of halogens is 2. The maximum atomic E-state index is 6.18. The largest absolute Gasteiger partial charge is 0.319 e. The van der Waals surface area contributed by atoms with Gasteiger partial charge in [-0.2, -0.15) is 0 Å². The lowest BCUT2D eigenvalue weighted by molar-refractivity contribution is 0.367. The van der Waals surface area contributed by atoms with Crippen molar-refractivity contribution in [2.75, 3.05) is 13.6 Å². The molecule has 1 aliphatic carbocycles. The lowest BCUT2D eigenvalue weighted by Gasteiger charge is -2.27. The number of rotatable bonds is 4. The van der Waals surface area contributed by atoms with Crippen LogP contribution >= 0.6 is 23.2 Å². The zero-order chi connectivity index (χ0) is 13.7. The SMILES string of the molecule is CNCC(c1ccc(Cl)c(Cl)c1)C1CCCCCC1. The zero-order valence-electron chi connectivity index (χ0n) is 11.6. The van der Waals surface area contributed by atoms with Crippen molar-refractivity contribution in [2.24, 2.45) is 5.92 Å². The van der Waals surface area contributed by atoms with Crippen molar-refractivity contribution in [1.29, 1.82) is 0 Å². The van der Waals surface area contributed by atoms with Gasteiger partial charge in [0.2, 0.25) is 0 Å². The van der Waals surface area contributed by atoms with E-state index < -0.39 is 0 Å². The highest BCUT2D eigenvalue weighted by molar-refractivity contribution is 6.42. The van der Waals surface area contributed by atoms with Crippen molar-refractivity contribution in [3.05, 3.63) is 33.8 Å². The minimum atomic E-state index is 0.554. The van der Waals surface area contributed by atoms with Gasteiger partial charge in [-0.05, 0) is 49.4 Å². The lowest BCUT2D eigenvalue weighted by atomic mass is 9.81. The average Bonchev–Trinajstić information content (AvgIpc) is 2.68. The molecule has 1 aromatic rings. The number of likely N-dealkylation sites (N-methyl/N-ethyl adjacent to an activating group) is 1. The molecule has 0 spiro atoms. The summed E-state index contributed by atoms with van der Waals surface area (Å²) in [5.74, 6) is 1.32. The average molecular weight is 300 g/mol. The molecular weight excluding hydrogens is 277 g/mol. The molecule has 0 bridgehead atoms. The van der Waals surface area contributed by atoms with Gasteiger partial charge in [0.1, 0.15) is 0 Å². The standard InChI is InChI=1S/C16H23Cl2N/c1-19-11-14(12-6-4-2-3-5-7-12)13-8-9-15(17)16(18)10-13/h8-10,12,14,19H,2-7,11H2,1H3. The molecule has 1 N–H and O–H groups in total. The van der Waals surface area contributed by atoms with Crippen LogP contribution in [0.1, 0.15) is 50.0 Å². The van der Waals surface area contributed by atoms with Crippen LogP contribution in [0.3, 0.4) is 0 Å². The van der Waals surface area contributed by atoms with Crippen molar-refractivity contribution in [3.8, 4) is 0 Å². The second-order valence-corrected chi connectivity index (χ2v) is 6.40. The van der Waals surface area contributed by atoms with E-state index in [2.05, 4.69) is 17.4 Å². The predicted molar refractivity (Wildman–Crippen MR) is 84.3 cm³/mol. The fourth-order valence-electron chi connectivity index (χ4n) is 3.23. The van der Waals surface area contributed by atoms with E-state index in [9.17, 15) is 0 Å². The van der Waals surface area contributed by atoms with Crippen LogP contribution in [-0.4, -0.2) is 13.6 Å². The van der Waals surface area contributed by atoms with Gasteiger partial charge in [-0.3, -0.25) is 0 Å². The predicted octanol–water partition coefficient (Wildman–Crippen LogP) is 5.27. The summed E-state index contributed by atoms with van der Waals surface area (Å²) in [6, 6.07) is 6.12. The quantitative estimate of drug-likeness (QED) is 0.747. The molecular formula is C16H23Cl2N. The smallest absolute Gasteiger partial charge is 0.0595 e. The van der Waals surface area contributed by atoms with E-state index in [1.54, 1.807) is 0 Å². The van der Waals surface area contributed by atoms with Crippen LogP contribution in [0.2, 0.25) is 10.0 Å². The van der Waals surface area contributed by atoms with Gasteiger partial charge < -0.3 is 5.32 Å². The fourth-order valence-corrected chi connectivity index (χ4v) is 3.54. The molecule has 1 aromatic carbocycles. The molecule has 0 saturated heterocycles. The van der Waals surface area contributed by atoms with Gasteiger partial charge in [-0.1, -0.05) is 55.0 Å². The van der Waals surface area contributed by atoms with Gasteiger partial charge in [-0.25, -0.2) is 0 Å². The topological polar surface area (TPSA) is 12.0 Å². The number of hydrogen-bond donors (Lipinski definition) is 1. The van der Waals surface area contributed by atoms with Crippen molar-refractivity contribution in [3.63, 3.8) is 0 Å². The molecule has 106 valence electrons. The maximum Gasteiger partial charge on any atom is 0.0595 e. The van der Waals surface area contributed by atoms with E-state index >= 15 is 0 Å². The molecule has 1 saturated carbocycles. The first-order chi connectivity index (χ1) is 9.22. The first-order valence-corrected chi connectivity index (χ1v) is 8.07. The van der Waals surface area contributed by atoms with Crippen molar-refractivity contribution >= 4 is 23.2 Å². The zero-order valence-corrected chi connectivity index (χ0v) is 13.1. The minimum absolute atomic E-state index is 0.554. The minimum Gasteiger partial charge on any atom is -0.319 e. The summed E-state index contributed by atoms with van der Waals surface area (Å²) in [5.41, 5.74) is 1.33. The molecule has 1 fully saturated rings. The van der Waals surface area contributed by atoms with Crippen LogP contribution in [0.15, 0.2) is 18.2 Å². The molecule has 3 heteroatoms. The third-order valence-electron chi connectivity index (χ3n) is 4.26. The molecule has 0 heterocycles. The van der Waals surface area contributed by atoms with Gasteiger partial charge in [0.15, 0.2) is 0 Å². The highest BCUT2D eigenvalue weighted by atomic mass is 35.5. The molecule has 1 atom stereocenters. The first kappa shape index (κ1) is 15.2. The summed E-state index contributed by atoms with van der Waals surface area (Å²) in [6.07, 6.45) is 8.20. The van der Waals surface area contributed by atoms with E-state index in [0.717, 1.165) is 12.5 Å². The Morgan fingerprint density at radius 1 is 1.11 bits per heavy atom. The fraction of sp³-hybridized carbons (Fsp3) is 0.625. The highest BCUT2D eigenvalue weighted by Crippen LogP contribution is 2.36. The van der Waals surface area contributed by atoms with Gasteiger partial charge in [-0.15, -0.1) is 0 Å². The third-order valence-corrected chi connectivity index (χ3v) is 5.00. The number of nitrogens with one attached hydrogen (secondary N) is 1. The molecule has 0 radical (unpaired) electrons. The maximum absolute atomic E-state index is 6.18. The Balaban J connectivity index is 2.19. The Morgan fingerprint density at radius 3 is 2.37 bits per heavy atom. The molecule has 0 aliphatic heterocycles. The van der Waals surface area contributed by atoms with Crippen molar-refractivity contribution in [1.82, 2.24) is 5.32 Å². The van der Waals surface area contributed by atoms with E-state index in [1.165, 1.54) is 44.1 Å². The lowest BCUT2D eigenvalue weighted by Crippen LogP contribution is -2.24. The van der Waals surface area contributed by atoms with Crippen LogP contribution in [0, 0.1) is 5.92 Å². The Labute approximate surface area is 126 Å². The molecule has 0 aromatic heterocycles. The van der Waals surface area contributed by atoms with E-state index in [0.29, 0.717) is 16.0 Å². The van der Waals surface area contributed by atoms with E-state index in [1.807, 2.05) is 13.1 Å². The Kier molecular flexibility index (Phi) is 6.00. The van der Waals surface area contributed by atoms with Crippen LogP contribution in [-0.2, 0) is 0 Å². The Hall–Kier alpha value is -0.240. The van der Waals surface area contributed by atoms with Crippen LogP contribution in [0.5, 0.6) is 0 Å². The highest BCUT2D eigenvalue weighted by Gasteiger charge is 2.24. The molecule has 0 amide bonds. The summed E-state index contributed by atoms with van der Waals surface area (Å²) >= 11 is 12.2. The van der Waals surface area contributed by atoms with E-state index in [-0.39, 0.29) is 0 Å². The molecule has 19 heavy (non-hydrogen) atoms. The Morgan fingerprint density at radius 2 is 1.79 bits per heavy atom. The number of hydrogen-bond acceptors (Lipinski definition) is 1. The van der Waals surface area contributed by atoms with Gasteiger partial charge in [0.25, 0.3) is 0 Å². The molecule has 1 unspecified atom stereocenters. The summed E-state index contributed by atoms with van der Waals surface area (Å²) in [5, 5.41) is 4.66. The summed E-state index contributed by atoms with van der Waals surface area (Å²) < 4.78 is 0. The van der Waals surface area contributed by atoms with E-state index in [4.69, 9.17) is 23.2 Å². The Bertz CT molecular complexity index is 398. The second-order valence-electron chi connectivity index (χ2n) is 5.59. The summed E-state index contributed by atoms with van der Waals surface area (Å²) in [7, 11) is 2.03. The summed E-state index contributed by atoms with van der Waals surface area (Å²) in [4.78, 5) is 0. The number of benzene rings is 1. The van der Waals surface area contributed by atoms with Gasteiger partial charge in [0.05, 0.1) is 10.0 Å². The monoisotopic (exact) mass is 299 g/mol. The molecule has 1 aliphatic rings. The van der Waals surface area contributed by atoms with Crippen LogP contribution in [0.25, 0.3) is 0 Å². The first-order valence-electron chi connectivity index (χ1n) is 7.32. The molecule has 2 rings (SSSR count). The van der Waals surface area contributed by atoms with Crippen molar-refractivity contribution in [2.45, 2.75) is 44.4 Å². The molecule has 1 nitrogen and oxygen atoms in total. The summed E-state index contributed by atoms with van der Waals surface area (Å²) in [6.45, 7) is 1.02. The van der Waals surface area contributed by atoms with Gasteiger partial charge >= 0.3 is 0 Å². The van der Waals surface area contributed by atoms with Crippen LogP contribution in [0.4, 0.5) is 0 Å². The van der Waals surface area contributed by atoms with Gasteiger partial charge in [0, 0.05) is 6.54 Å². The third kappa shape index (κ3) is 4.11.